The number of aromatic nitrogens is 2. The Morgan fingerprint density at radius 2 is 2.22 bits per heavy atom. The molecule has 1 aromatic rings. The predicted octanol–water partition coefficient (Wildman–Crippen LogP) is 1.64. The number of ether oxygens (including phenoxy) is 1. The zero-order valence-corrected chi connectivity index (χ0v) is 14.1. The van der Waals surface area contributed by atoms with Gasteiger partial charge in [-0.25, -0.2) is 14.8 Å². The minimum Gasteiger partial charge on any atom is -0.376 e. The van der Waals surface area contributed by atoms with Crippen LogP contribution in [-0.4, -0.2) is 53.7 Å². The van der Waals surface area contributed by atoms with Gasteiger partial charge in [0.25, 0.3) is 0 Å². The maximum atomic E-state index is 12.1. The van der Waals surface area contributed by atoms with E-state index in [2.05, 4.69) is 22.2 Å². The van der Waals surface area contributed by atoms with Crippen LogP contribution in [0.1, 0.15) is 42.0 Å². The molecule has 1 atom stereocenters. The van der Waals surface area contributed by atoms with Crippen LogP contribution in [0, 0.1) is 6.92 Å². The smallest absolute Gasteiger partial charge is 0.317 e. The summed E-state index contributed by atoms with van der Waals surface area (Å²) in [6.45, 7) is 4.09. The Labute approximate surface area is 137 Å². The number of urea groups is 1. The Kier molecular flexibility index (Phi) is 5.10. The molecular weight excluding hydrogens is 292 g/mol. The number of carbonyl (C=O) groups excluding carboxylic acids is 1. The number of hydrogen-bond donors (Lipinski definition) is 1. The molecule has 6 nitrogen and oxygen atoms in total. The van der Waals surface area contributed by atoms with Gasteiger partial charge in [0, 0.05) is 44.6 Å². The number of likely N-dealkylation sites (N-methyl/N-ethyl adjacent to an activating group) is 1. The second-order valence-electron chi connectivity index (χ2n) is 6.50. The second-order valence-corrected chi connectivity index (χ2v) is 6.50. The fraction of sp³-hybridized carbons (Fsp3) is 0.706. The Balaban J connectivity index is 1.45. The Morgan fingerprint density at radius 3 is 3.00 bits per heavy atom. The van der Waals surface area contributed by atoms with Crippen molar-refractivity contribution in [2.75, 3.05) is 26.7 Å². The highest BCUT2D eigenvalue weighted by Crippen LogP contribution is 2.22. The van der Waals surface area contributed by atoms with Crippen LogP contribution in [0.5, 0.6) is 0 Å². The first-order chi connectivity index (χ1) is 11.1. The summed E-state index contributed by atoms with van der Waals surface area (Å²) in [4.78, 5) is 23.0. The molecule has 126 valence electrons. The topological polar surface area (TPSA) is 67.4 Å². The molecule has 1 saturated heterocycles. The van der Waals surface area contributed by atoms with E-state index in [1.54, 1.807) is 4.90 Å². The average molecular weight is 318 g/mol. The van der Waals surface area contributed by atoms with Crippen LogP contribution in [0.15, 0.2) is 0 Å². The van der Waals surface area contributed by atoms with Gasteiger partial charge in [-0.2, -0.15) is 0 Å². The lowest BCUT2D eigenvalue weighted by Crippen LogP contribution is -2.41. The minimum atomic E-state index is -0.0571. The monoisotopic (exact) mass is 318 g/mol. The van der Waals surface area contributed by atoms with Crippen LogP contribution in [0.3, 0.4) is 0 Å². The van der Waals surface area contributed by atoms with E-state index in [0.717, 1.165) is 43.8 Å². The Bertz CT molecular complexity index is 570. The van der Waals surface area contributed by atoms with Gasteiger partial charge in [-0.05, 0) is 44.6 Å². The molecule has 2 amide bonds. The van der Waals surface area contributed by atoms with E-state index in [1.807, 2.05) is 7.05 Å². The van der Waals surface area contributed by atoms with E-state index in [0.29, 0.717) is 19.5 Å². The van der Waals surface area contributed by atoms with Gasteiger partial charge in [-0.15, -0.1) is 0 Å². The van der Waals surface area contributed by atoms with Crippen LogP contribution in [0.4, 0.5) is 4.79 Å². The lowest BCUT2D eigenvalue weighted by molar-refractivity contribution is 0.0875. The molecule has 2 heterocycles. The molecule has 0 spiro atoms. The standard InChI is InChI=1S/C17H26N4O2/c1-12-14-6-3-7-15(14)20-16(19-12)8-9-18-17(22)21(2)11-13-5-4-10-23-13/h13H,3-11H2,1-2H3,(H,18,22). The predicted molar refractivity (Wildman–Crippen MR) is 87.5 cm³/mol. The summed E-state index contributed by atoms with van der Waals surface area (Å²) in [5.74, 6) is 0.838. The van der Waals surface area contributed by atoms with Gasteiger partial charge in [0.15, 0.2) is 0 Å². The number of amides is 2. The zero-order valence-electron chi connectivity index (χ0n) is 14.1. The van der Waals surface area contributed by atoms with E-state index in [9.17, 15) is 4.79 Å². The van der Waals surface area contributed by atoms with Crippen molar-refractivity contribution in [2.24, 2.45) is 0 Å². The van der Waals surface area contributed by atoms with E-state index in [1.165, 1.54) is 17.7 Å². The molecule has 23 heavy (non-hydrogen) atoms. The van der Waals surface area contributed by atoms with Crippen LogP contribution in [-0.2, 0) is 24.0 Å². The van der Waals surface area contributed by atoms with Crippen LogP contribution in [0.25, 0.3) is 0 Å². The van der Waals surface area contributed by atoms with Crippen molar-refractivity contribution in [1.82, 2.24) is 20.2 Å². The third-order valence-corrected chi connectivity index (χ3v) is 4.66. The molecule has 3 rings (SSSR count). The largest absolute Gasteiger partial charge is 0.376 e. The van der Waals surface area contributed by atoms with Gasteiger partial charge in [0.05, 0.1) is 6.10 Å². The normalized spacial score (nSPS) is 19.7. The highest BCUT2D eigenvalue weighted by Gasteiger charge is 2.20. The third kappa shape index (κ3) is 3.99. The summed E-state index contributed by atoms with van der Waals surface area (Å²) in [7, 11) is 1.81. The summed E-state index contributed by atoms with van der Waals surface area (Å²) < 4.78 is 5.56. The molecule has 1 aliphatic carbocycles. The van der Waals surface area contributed by atoms with Gasteiger partial charge >= 0.3 is 6.03 Å². The van der Waals surface area contributed by atoms with Crippen LogP contribution < -0.4 is 5.32 Å². The third-order valence-electron chi connectivity index (χ3n) is 4.66. The molecule has 6 heteroatoms. The molecule has 2 aliphatic rings. The molecule has 0 bridgehead atoms. The summed E-state index contributed by atoms with van der Waals surface area (Å²) in [5.41, 5.74) is 3.63. The molecule has 0 radical (unpaired) electrons. The first-order valence-electron chi connectivity index (χ1n) is 8.59. The Hall–Kier alpha value is -1.69. The van der Waals surface area contributed by atoms with Crippen molar-refractivity contribution >= 4 is 6.03 Å². The number of aryl methyl sites for hydroxylation is 2. The molecule has 1 N–H and O–H groups in total. The average Bonchev–Trinajstić information content (AvgIpc) is 3.18. The SMILES string of the molecule is Cc1nc(CCNC(=O)N(C)CC2CCCO2)nc2c1CCC2. The molecule has 1 aliphatic heterocycles. The van der Waals surface area contributed by atoms with Crippen molar-refractivity contribution < 1.29 is 9.53 Å². The molecule has 0 aromatic carbocycles. The number of nitrogens with zero attached hydrogens (tertiary/aromatic N) is 3. The van der Waals surface area contributed by atoms with Gasteiger partial charge in [-0.3, -0.25) is 0 Å². The minimum absolute atomic E-state index is 0.0571. The van der Waals surface area contributed by atoms with Gasteiger partial charge < -0.3 is 15.0 Å². The summed E-state index contributed by atoms with van der Waals surface area (Å²) in [5, 5.41) is 2.94. The zero-order chi connectivity index (χ0) is 16.2. The highest BCUT2D eigenvalue weighted by molar-refractivity contribution is 5.73. The van der Waals surface area contributed by atoms with Crippen molar-refractivity contribution in [3.8, 4) is 0 Å². The number of rotatable bonds is 5. The number of fused-ring (bicyclic) bond motifs is 1. The maximum Gasteiger partial charge on any atom is 0.317 e. The van der Waals surface area contributed by atoms with E-state index >= 15 is 0 Å². The van der Waals surface area contributed by atoms with E-state index in [4.69, 9.17) is 4.74 Å². The Morgan fingerprint density at radius 1 is 1.35 bits per heavy atom. The summed E-state index contributed by atoms with van der Waals surface area (Å²) >= 11 is 0. The maximum absolute atomic E-state index is 12.1. The quantitative estimate of drug-likeness (QED) is 0.896. The molecular formula is C17H26N4O2. The molecule has 1 aromatic heterocycles. The number of nitrogens with one attached hydrogen (secondary N) is 1. The summed E-state index contributed by atoms with van der Waals surface area (Å²) in [6.07, 6.45) is 6.34. The van der Waals surface area contributed by atoms with Gasteiger partial charge in [-0.1, -0.05) is 0 Å². The van der Waals surface area contributed by atoms with Gasteiger partial charge in [0.2, 0.25) is 0 Å². The number of carbonyl (C=O) groups is 1. The lowest BCUT2D eigenvalue weighted by atomic mass is 10.2. The fourth-order valence-corrected chi connectivity index (χ4v) is 3.39. The van der Waals surface area contributed by atoms with Crippen LogP contribution in [0.2, 0.25) is 0 Å². The fourth-order valence-electron chi connectivity index (χ4n) is 3.39. The van der Waals surface area contributed by atoms with E-state index in [-0.39, 0.29) is 12.1 Å². The van der Waals surface area contributed by atoms with E-state index < -0.39 is 0 Å². The molecule has 1 fully saturated rings. The van der Waals surface area contributed by atoms with Crippen molar-refractivity contribution in [2.45, 2.75) is 51.6 Å². The number of hydrogen-bond acceptors (Lipinski definition) is 4. The second kappa shape index (κ2) is 7.25. The first kappa shape index (κ1) is 16.2. The van der Waals surface area contributed by atoms with Crippen molar-refractivity contribution in [3.05, 3.63) is 22.8 Å². The first-order valence-corrected chi connectivity index (χ1v) is 8.59. The lowest BCUT2D eigenvalue weighted by Gasteiger charge is -2.21. The van der Waals surface area contributed by atoms with Crippen molar-refractivity contribution in [3.63, 3.8) is 0 Å². The summed E-state index contributed by atoms with van der Waals surface area (Å²) in [6, 6.07) is -0.0571. The molecule has 0 saturated carbocycles. The molecule has 1 unspecified atom stereocenters. The van der Waals surface area contributed by atoms with Crippen LogP contribution >= 0.6 is 0 Å². The van der Waals surface area contributed by atoms with Gasteiger partial charge in [0.1, 0.15) is 5.82 Å². The highest BCUT2D eigenvalue weighted by atomic mass is 16.5. The van der Waals surface area contributed by atoms with Crippen molar-refractivity contribution in [1.29, 1.82) is 0 Å².